The van der Waals surface area contributed by atoms with Crippen molar-refractivity contribution in [2.75, 3.05) is 39.6 Å². The highest BCUT2D eigenvalue weighted by Crippen LogP contribution is 2.40. The first kappa shape index (κ1) is 64.5. The molecule has 30 atom stereocenters. The molecule has 8 aliphatic rings. The van der Waals surface area contributed by atoms with E-state index in [1.807, 2.05) is 13.8 Å². The van der Waals surface area contributed by atoms with Crippen molar-refractivity contribution in [1.82, 2.24) is 0 Å². The van der Waals surface area contributed by atoms with Gasteiger partial charge in [-0.05, 0) is 64.2 Å². The minimum Gasteiger partial charge on any atom is -0.479 e. The van der Waals surface area contributed by atoms with Crippen LogP contribution in [-0.2, 0) is 66.4 Å². The lowest BCUT2D eigenvalue weighted by molar-refractivity contribution is -0.356. The summed E-state index contributed by atoms with van der Waals surface area (Å²) in [7, 11) is 0. The third-order valence-corrected chi connectivity index (χ3v) is 16.9. The van der Waals surface area contributed by atoms with Gasteiger partial charge >= 0.3 is 11.9 Å². The zero-order valence-electron chi connectivity index (χ0n) is 44.9. The molecule has 0 radical (unpaired) electrons. The van der Waals surface area contributed by atoms with Crippen molar-refractivity contribution in [3.8, 4) is 0 Å². The van der Waals surface area contributed by atoms with Crippen LogP contribution >= 0.6 is 0 Å². The fourth-order valence-electron chi connectivity index (χ4n) is 12.0. The van der Waals surface area contributed by atoms with Gasteiger partial charge in [0.2, 0.25) is 0 Å². The molecule has 458 valence electrons. The van der Waals surface area contributed by atoms with Crippen LogP contribution in [0.2, 0.25) is 0 Å². The minimum atomic E-state index is -1.50. The van der Waals surface area contributed by atoms with Crippen molar-refractivity contribution in [1.29, 1.82) is 0 Å². The third kappa shape index (κ3) is 14.7. The standard InChI is InChI=1S/C26H44O14.C25H42O14/c1-3-12-5-4-6-14(20(12)40-25-19(32)18(31)16(29)11(2)36-25)37-26-23-22(17(30)15(10-28)38-26)39-21(24(33)34)13(9-27)7-8-35-23;1-10-4-3-5-13(19(10)39-24-18(31)17(30)15(28)11(2)35-24)36-25-22-21(16(29)14(9-27)37-25)38-20(23(32)33)12(8-26)6-7-34-22/h11-23,25-32H,3-10H2,1-2H3,(H,33,34);10-22,24-31H,3-9H2,1-2H3,(H,32,33)/t11?,12-,13+,14-,15?,16-,17+,18?,19+,20?,21-,22?,23?,25+,26-;10-,11?,12+,13-,14?,15-,16+,17?,18+,19?,20-,21?,22?,24+,25-/m11/s1. The van der Waals surface area contributed by atoms with Crippen LogP contribution < -0.4 is 0 Å². The van der Waals surface area contributed by atoms with Gasteiger partial charge in [0.05, 0.1) is 49.8 Å². The Bertz CT molecular complexity index is 1870. The molecule has 6 heterocycles. The number of aliphatic hydroxyl groups excluding tert-OH is 12. The Morgan fingerprint density at radius 1 is 0.430 bits per heavy atom. The molecule has 2 saturated carbocycles. The largest absolute Gasteiger partial charge is 0.479 e. The summed E-state index contributed by atoms with van der Waals surface area (Å²) in [5.74, 6) is -4.19. The van der Waals surface area contributed by atoms with E-state index in [1.54, 1.807) is 13.8 Å². The molecule has 28 heteroatoms. The fraction of sp³-hybridized carbons (Fsp3) is 0.961. The number of carboxylic acids is 2. The topological polar surface area (TPSA) is 428 Å². The van der Waals surface area contributed by atoms with Gasteiger partial charge in [0.15, 0.2) is 37.4 Å². The molecule has 0 aromatic rings. The zero-order chi connectivity index (χ0) is 57.6. The van der Waals surface area contributed by atoms with E-state index in [0.29, 0.717) is 19.3 Å². The summed E-state index contributed by atoms with van der Waals surface area (Å²) in [6.07, 6.45) is -24.7. The van der Waals surface area contributed by atoms with Crippen LogP contribution in [0.5, 0.6) is 0 Å². The van der Waals surface area contributed by atoms with Gasteiger partial charge in [-0.1, -0.05) is 33.1 Å². The smallest absolute Gasteiger partial charge is 0.333 e. The van der Waals surface area contributed by atoms with Crippen LogP contribution in [0.1, 0.15) is 85.5 Å². The highest BCUT2D eigenvalue weighted by Gasteiger charge is 2.55. The van der Waals surface area contributed by atoms with Gasteiger partial charge in [-0.3, -0.25) is 0 Å². The van der Waals surface area contributed by atoms with E-state index < -0.39 is 210 Å². The first-order valence-electron chi connectivity index (χ1n) is 27.8. The van der Waals surface area contributed by atoms with E-state index in [1.165, 1.54) is 0 Å². The molecule has 0 spiro atoms. The van der Waals surface area contributed by atoms with Crippen LogP contribution in [0, 0.1) is 23.7 Å². The van der Waals surface area contributed by atoms with Gasteiger partial charge in [-0.2, -0.15) is 0 Å². The number of carboxylic acid groups (broad SMARTS) is 2. The van der Waals surface area contributed by atoms with Crippen molar-refractivity contribution in [2.24, 2.45) is 23.7 Å². The maximum atomic E-state index is 12.0. The summed E-state index contributed by atoms with van der Waals surface area (Å²) in [6, 6.07) is 0. The summed E-state index contributed by atoms with van der Waals surface area (Å²) in [5, 5.41) is 142. The number of carbonyl (C=O) groups is 2. The molecule has 0 aromatic carbocycles. The van der Waals surface area contributed by atoms with Crippen molar-refractivity contribution in [3.63, 3.8) is 0 Å². The Morgan fingerprint density at radius 3 is 1.25 bits per heavy atom. The average molecular weight is 1150 g/mol. The molecule has 2 aliphatic carbocycles. The second-order valence-corrected chi connectivity index (χ2v) is 22.2. The Labute approximate surface area is 457 Å². The number of ether oxygens (including phenoxy) is 12. The van der Waals surface area contributed by atoms with Gasteiger partial charge in [0.25, 0.3) is 0 Å². The second-order valence-electron chi connectivity index (χ2n) is 22.2. The summed E-state index contributed by atoms with van der Waals surface area (Å²) < 4.78 is 71.7. The lowest BCUT2D eigenvalue weighted by atomic mass is 9.82. The maximum Gasteiger partial charge on any atom is 0.333 e. The average Bonchev–Trinajstić information content (AvgIpc) is 3.44. The molecule has 6 saturated heterocycles. The second kappa shape index (κ2) is 29.2. The lowest BCUT2D eigenvalue weighted by Crippen LogP contribution is -2.64. The summed E-state index contributed by atoms with van der Waals surface area (Å²) in [4.78, 5) is 23.9. The molecule has 0 amide bonds. The molecular weight excluding hydrogens is 1060 g/mol. The van der Waals surface area contributed by atoms with Crippen molar-refractivity contribution < 1.29 is 138 Å². The van der Waals surface area contributed by atoms with Crippen LogP contribution in [0.3, 0.4) is 0 Å². The quantitative estimate of drug-likeness (QED) is 0.0740. The van der Waals surface area contributed by atoms with Crippen molar-refractivity contribution >= 4 is 11.9 Å². The lowest BCUT2D eigenvalue weighted by Gasteiger charge is -2.49. The van der Waals surface area contributed by atoms with Crippen LogP contribution in [0.4, 0.5) is 0 Å². The highest BCUT2D eigenvalue weighted by molar-refractivity contribution is 5.73. The van der Waals surface area contributed by atoms with E-state index in [4.69, 9.17) is 56.8 Å². The molecule has 0 aromatic heterocycles. The molecule has 8 rings (SSSR count). The fourth-order valence-corrected chi connectivity index (χ4v) is 12.0. The molecule has 12 unspecified atom stereocenters. The number of rotatable bonds is 15. The maximum absolute atomic E-state index is 12.0. The van der Waals surface area contributed by atoms with E-state index in [9.17, 15) is 81.1 Å². The van der Waals surface area contributed by atoms with Gasteiger partial charge < -0.3 is 128 Å². The van der Waals surface area contributed by atoms with Gasteiger partial charge in [-0.25, -0.2) is 9.59 Å². The van der Waals surface area contributed by atoms with Crippen molar-refractivity contribution in [2.45, 2.75) is 245 Å². The minimum absolute atomic E-state index is 0.0105. The Kier molecular flexibility index (Phi) is 23.8. The van der Waals surface area contributed by atoms with E-state index in [2.05, 4.69) is 0 Å². The van der Waals surface area contributed by atoms with Crippen molar-refractivity contribution in [3.05, 3.63) is 0 Å². The molecule has 14 N–H and O–H groups in total. The molecular formula is C51H86O28. The predicted molar refractivity (Wildman–Crippen MR) is 261 cm³/mol. The normalized spacial score (nSPS) is 49.0. The van der Waals surface area contributed by atoms with Gasteiger partial charge in [0, 0.05) is 38.3 Å². The summed E-state index contributed by atoms with van der Waals surface area (Å²) in [6.45, 7) is 5.03. The van der Waals surface area contributed by atoms with Gasteiger partial charge in [0.1, 0.15) is 85.5 Å². The number of hydrogen-bond acceptors (Lipinski definition) is 26. The SMILES string of the molecule is CC1O[C@@H](OC2[C@H](C)CCC[C@H]2O[C@@H]2OC(CO)[C@H](O)C3O[C@@H](C(=O)O)[C@H](CO)CCOC32)[C@@H](O)C(O)[C@@H]1O.CC[C@@H]1CCC[C@@H](O[C@@H]2OC(CO)[C@H](O)C3O[C@@H](C(=O)O)[C@H](CO)CCOC32)C1O[C@@H]1OC(C)[C@@H](O)C(O)[C@@H]1O. The first-order chi connectivity index (χ1) is 37.7. The highest BCUT2D eigenvalue weighted by atomic mass is 16.8. The molecule has 6 aliphatic heterocycles. The number of aliphatic carboxylic acids is 2. The van der Waals surface area contributed by atoms with Crippen LogP contribution in [-0.4, -0.2) is 283 Å². The van der Waals surface area contributed by atoms with Crippen LogP contribution in [0.25, 0.3) is 0 Å². The summed E-state index contributed by atoms with van der Waals surface area (Å²) >= 11 is 0. The third-order valence-electron chi connectivity index (χ3n) is 16.9. The molecule has 79 heavy (non-hydrogen) atoms. The monoisotopic (exact) mass is 1150 g/mol. The van der Waals surface area contributed by atoms with Gasteiger partial charge in [-0.15, -0.1) is 0 Å². The van der Waals surface area contributed by atoms with E-state index in [-0.39, 0.29) is 37.9 Å². The number of fused-ring (bicyclic) bond motifs is 2. The summed E-state index contributed by atoms with van der Waals surface area (Å²) in [5.41, 5.74) is 0. The van der Waals surface area contributed by atoms with E-state index in [0.717, 1.165) is 25.7 Å². The zero-order valence-corrected chi connectivity index (χ0v) is 44.9. The van der Waals surface area contributed by atoms with Crippen LogP contribution in [0.15, 0.2) is 0 Å². The first-order valence-corrected chi connectivity index (χ1v) is 27.8. The molecule has 28 nitrogen and oxygen atoms in total. The number of aliphatic hydroxyl groups is 12. The molecule has 8 fully saturated rings. The Morgan fingerprint density at radius 2 is 0.848 bits per heavy atom. The number of hydrogen-bond donors (Lipinski definition) is 14. The molecule has 0 bridgehead atoms. The van der Waals surface area contributed by atoms with E-state index >= 15 is 0 Å². The Balaban J connectivity index is 0.000000229. The Hall–Kier alpha value is -2.02. The predicted octanol–water partition coefficient (Wildman–Crippen LogP) is -4.17.